The minimum Gasteiger partial charge on any atom is -0.393 e. The summed E-state index contributed by atoms with van der Waals surface area (Å²) in [6, 6.07) is 11.5. The highest BCUT2D eigenvalue weighted by Crippen LogP contribution is 2.30. The van der Waals surface area contributed by atoms with Crippen LogP contribution < -0.4 is 5.32 Å². The largest absolute Gasteiger partial charge is 0.416 e. The maximum Gasteiger partial charge on any atom is 0.416 e. The van der Waals surface area contributed by atoms with Crippen LogP contribution in [-0.2, 0) is 17.4 Å². The quantitative estimate of drug-likeness (QED) is 0.787. The third-order valence-corrected chi connectivity index (χ3v) is 3.62. The fraction of sp³-hybridized carbons (Fsp3) is 0.167. The first-order valence-corrected chi connectivity index (χ1v) is 7.52. The molecule has 0 aliphatic heterocycles. The van der Waals surface area contributed by atoms with Crippen molar-refractivity contribution in [2.75, 3.05) is 7.05 Å². The van der Waals surface area contributed by atoms with Gasteiger partial charge in [-0.2, -0.15) is 13.2 Å². The Balaban J connectivity index is 2.26. The predicted molar refractivity (Wildman–Crippen MR) is 88.6 cm³/mol. The second-order valence-corrected chi connectivity index (χ2v) is 5.59. The summed E-state index contributed by atoms with van der Waals surface area (Å²) >= 11 is 5.84. The summed E-state index contributed by atoms with van der Waals surface area (Å²) in [6.07, 6.45) is -3.03. The number of ketones is 1. The summed E-state index contributed by atoms with van der Waals surface area (Å²) in [6.45, 7) is 0. The first-order valence-electron chi connectivity index (χ1n) is 7.14. The third kappa shape index (κ3) is 4.61. The molecular formula is C18H15ClF3NO. The van der Waals surface area contributed by atoms with Gasteiger partial charge in [-0.25, -0.2) is 0 Å². The van der Waals surface area contributed by atoms with Crippen molar-refractivity contribution in [3.05, 3.63) is 76.4 Å². The van der Waals surface area contributed by atoms with Crippen LogP contribution in [0.2, 0.25) is 5.02 Å². The van der Waals surface area contributed by atoms with E-state index in [-0.39, 0.29) is 12.2 Å². The number of Topliss-reactive ketones (excluding diaryl/α,β-unsaturated/α-hetero) is 1. The average molecular weight is 354 g/mol. The standard InChI is InChI=1S/C18H15ClF3NO/c1-23-11-16(13-5-7-15(19)8-6-13)17(24)10-12-3-2-4-14(9-12)18(20,21)22/h2-9,11,23H,10H2,1H3. The molecule has 2 aromatic carbocycles. The smallest absolute Gasteiger partial charge is 0.393 e. The molecule has 0 saturated carbocycles. The molecule has 0 unspecified atom stereocenters. The molecule has 0 fully saturated rings. The topological polar surface area (TPSA) is 29.1 Å². The zero-order chi connectivity index (χ0) is 17.7. The molecule has 126 valence electrons. The number of halogens is 4. The van der Waals surface area contributed by atoms with Crippen LogP contribution >= 0.6 is 11.6 Å². The lowest BCUT2D eigenvalue weighted by atomic mass is 9.97. The molecule has 1 N–H and O–H groups in total. The van der Waals surface area contributed by atoms with Crippen molar-refractivity contribution in [2.45, 2.75) is 12.6 Å². The Morgan fingerprint density at radius 3 is 2.42 bits per heavy atom. The number of carbonyl (C=O) groups is 1. The van der Waals surface area contributed by atoms with Crippen LogP contribution in [0.3, 0.4) is 0 Å². The highest BCUT2D eigenvalue weighted by Gasteiger charge is 2.30. The van der Waals surface area contributed by atoms with E-state index in [9.17, 15) is 18.0 Å². The summed E-state index contributed by atoms with van der Waals surface area (Å²) in [5.74, 6) is -0.286. The molecule has 0 aliphatic rings. The van der Waals surface area contributed by atoms with Gasteiger partial charge in [-0.05, 0) is 29.3 Å². The van der Waals surface area contributed by atoms with Gasteiger partial charge in [0.1, 0.15) is 0 Å². The van der Waals surface area contributed by atoms with Crippen LogP contribution in [0.1, 0.15) is 16.7 Å². The third-order valence-electron chi connectivity index (χ3n) is 3.36. The molecule has 0 spiro atoms. The number of allylic oxidation sites excluding steroid dienone is 1. The van der Waals surface area contributed by atoms with E-state index in [2.05, 4.69) is 5.32 Å². The normalized spacial score (nSPS) is 12.1. The fourth-order valence-corrected chi connectivity index (χ4v) is 2.36. The van der Waals surface area contributed by atoms with E-state index in [1.165, 1.54) is 18.3 Å². The summed E-state index contributed by atoms with van der Waals surface area (Å²) in [7, 11) is 1.65. The average Bonchev–Trinajstić information content (AvgIpc) is 2.53. The van der Waals surface area contributed by atoms with E-state index >= 15 is 0 Å². The SMILES string of the molecule is CNC=C(C(=O)Cc1cccc(C(F)(F)F)c1)c1ccc(Cl)cc1. The van der Waals surface area contributed by atoms with Crippen LogP contribution in [0, 0.1) is 0 Å². The molecule has 0 heterocycles. The van der Waals surface area contributed by atoms with E-state index in [0.717, 1.165) is 12.1 Å². The van der Waals surface area contributed by atoms with Crippen LogP contribution in [0.4, 0.5) is 13.2 Å². The van der Waals surface area contributed by atoms with E-state index in [4.69, 9.17) is 11.6 Å². The Morgan fingerprint density at radius 1 is 1.17 bits per heavy atom. The Bertz CT molecular complexity index is 752. The second kappa shape index (κ2) is 7.53. The van der Waals surface area contributed by atoms with Gasteiger partial charge in [0, 0.05) is 30.3 Å². The van der Waals surface area contributed by atoms with Gasteiger partial charge in [0.05, 0.1) is 5.56 Å². The van der Waals surface area contributed by atoms with E-state index in [1.807, 2.05) is 0 Å². The zero-order valence-corrected chi connectivity index (χ0v) is 13.6. The summed E-state index contributed by atoms with van der Waals surface area (Å²) in [4.78, 5) is 12.5. The maximum absolute atomic E-state index is 12.8. The number of carbonyl (C=O) groups excluding carboxylic acids is 1. The van der Waals surface area contributed by atoms with Gasteiger partial charge in [0.2, 0.25) is 0 Å². The maximum atomic E-state index is 12.8. The molecule has 2 aromatic rings. The van der Waals surface area contributed by atoms with Crippen molar-refractivity contribution < 1.29 is 18.0 Å². The minimum absolute atomic E-state index is 0.125. The molecule has 24 heavy (non-hydrogen) atoms. The van der Waals surface area contributed by atoms with Crippen molar-refractivity contribution in [1.82, 2.24) is 5.32 Å². The molecule has 0 aromatic heterocycles. The Kier molecular flexibility index (Phi) is 5.67. The van der Waals surface area contributed by atoms with Gasteiger partial charge in [-0.1, -0.05) is 41.9 Å². The van der Waals surface area contributed by atoms with Gasteiger partial charge in [-0.15, -0.1) is 0 Å². The summed E-state index contributed by atoms with van der Waals surface area (Å²) in [5.41, 5.74) is 0.571. The molecule has 6 heteroatoms. The van der Waals surface area contributed by atoms with Gasteiger partial charge >= 0.3 is 6.18 Å². The summed E-state index contributed by atoms with van der Waals surface area (Å²) < 4.78 is 38.3. The monoisotopic (exact) mass is 353 g/mol. The minimum atomic E-state index is -4.43. The van der Waals surface area contributed by atoms with Crippen molar-refractivity contribution >= 4 is 23.0 Å². The fourth-order valence-electron chi connectivity index (χ4n) is 2.24. The Hall–Kier alpha value is -2.27. The lowest BCUT2D eigenvalue weighted by Crippen LogP contribution is -2.11. The van der Waals surface area contributed by atoms with Gasteiger partial charge in [-0.3, -0.25) is 4.79 Å². The lowest BCUT2D eigenvalue weighted by Gasteiger charge is -2.10. The van der Waals surface area contributed by atoms with Crippen LogP contribution in [0.15, 0.2) is 54.7 Å². The molecular weight excluding hydrogens is 339 g/mol. The van der Waals surface area contributed by atoms with Crippen LogP contribution in [0.5, 0.6) is 0 Å². The van der Waals surface area contributed by atoms with Crippen molar-refractivity contribution in [3.8, 4) is 0 Å². The molecule has 0 atom stereocenters. The predicted octanol–water partition coefficient (Wildman–Crippen LogP) is 4.73. The number of alkyl halides is 3. The lowest BCUT2D eigenvalue weighted by molar-refractivity contribution is -0.137. The van der Waals surface area contributed by atoms with E-state index < -0.39 is 11.7 Å². The highest BCUT2D eigenvalue weighted by molar-refractivity contribution is 6.30. The van der Waals surface area contributed by atoms with Gasteiger partial charge in [0.25, 0.3) is 0 Å². The first kappa shape index (κ1) is 18.1. The molecule has 0 radical (unpaired) electrons. The number of hydrogen-bond donors (Lipinski definition) is 1. The molecule has 0 aliphatic carbocycles. The van der Waals surface area contributed by atoms with Crippen molar-refractivity contribution in [3.63, 3.8) is 0 Å². The van der Waals surface area contributed by atoms with Crippen LogP contribution in [0.25, 0.3) is 5.57 Å². The van der Waals surface area contributed by atoms with Crippen molar-refractivity contribution in [2.24, 2.45) is 0 Å². The molecule has 0 amide bonds. The van der Waals surface area contributed by atoms with Gasteiger partial charge < -0.3 is 5.32 Å². The zero-order valence-electron chi connectivity index (χ0n) is 12.8. The molecule has 2 nitrogen and oxygen atoms in total. The molecule has 0 bridgehead atoms. The molecule has 2 rings (SSSR count). The Labute approximate surface area is 142 Å². The Morgan fingerprint density at radius 2 is 1.83 bits per heavy atom. The van der Waals surface area contributed by atoms with Gasteiger partial charge in [0.15, 0.2) is 5.78 Å². The number of nitrogens with one attached hydrogen (secondary N) is 1. The molecule has 0 saturated heterocycles. The van der Waals surface area contributed by atoms with Crippen LogP contribution in [-0.4, -0.2) is 12.8 Å². The highest BCUT2D eigenvalue weighted by atomic mass is 35.5. The van der Waals surface area contributed by atoms with E-state index in [1.54, 1.807) is 31.3 Å². The number of rotatable bonds is 5. The van der Waals surface area contributed by atoms with E-state index in [0.29, 0.717) is 21.7 Å². The number of hydrogen-bond acceptors (Lipinski definition) is 2. The number of benzene rings is 2. The summed E-state index contributed by atoms with van der Waals surface area (Å²) in [5, 5.41) is 3.32. The first-order chi connectivity index (χ1) is 11.3. The second-order valence-electron chi connectivity index (χ2n) is 5.15. The van der Waals surface area contributed by atoms with Crippen molar-refractivity contribution in [1.29, 1.82) is 0 Å².